The van der Waals surface area contributed by atoms with Gasteiger partial charge in [-0.05, 0) is 25.5 Å². The number of fused-ring (bicyclic) bond motifs is 1. The van der Waals surface area contributed by atoms with E-state index in [9.17, 15) is 14.4 Å². The standard InChI is InChI=1S/C16H21N3O3/c1-3-8-16(2,17)15(22)18-9-10-19-13(20)11-6-4-5-7-12(11)14(19)21/h4-7H,3,8-10,17H2,1-2H3,(H,18,22). The monoisotopic (exact) mass is 303 g/mol. The molecule has 0 saturated carbocycles. The van der Waals surface area contributed by atoms with Gasteiger partial charge in [-0.1, -0.05) is 25.5 Å². The number of hydrogen-bond donors (Lipinski definition) is 2. The Morgan fingerprint density at radius 2 is 1.77 bits per heavy atom. The molecule has 1 aliphatic heterocycles. The molecule has 6 nitrogen and oxygen atoms in total. The summed E-state index contributed by atoms with van der Waals surface area (Å²) in [5.41, 5.74) is 5.82. The number of nitrogens with two attached hydrogens (primary N) is 1. The van der Waals surface area contributed by atoms with E-state index < -0.39 is 5.54 Å². The van der Waals surface area contributed by atoms with Crippen molar-refractivity contribution in [3.8, 4) is 0 Å². The zero-order chi connectivity index (χ0) is 16.3. The maximum absolute atomic E-state index is 12.1. The largest absolute Gasteiger partial charge is 0.353 e. The Labute approximate surface area is 129 Å². The summed E-state index contributed by atoms with van der Waals surface area (Å²) in [6.07, 6.45) is 1.38. The van der Waals surface area contributed by atoms with Gasteiger partial charge in [0.2, 0.25) is 5.91 Å². The second kappa shape index (κ2) is 6.27. The summed E-state index contributed by atoms with van der Waals surface area (Å²) < 4.78 is 0. The average molecular weight is 303 g/mol. The van der Waals surface area contributed by atoms with Crippen LogP contribution < -0.4 is 11.1 Å². The van der Waals surface area contributed by atoms with Crippen LogP contribution in [0.4, 0.5) is 0 Å². The second-order valence-electron chi connectivity index (χ2n) is 5.73. The highest BCUT2D eigenvalue weighted by atomic mass is 16.2. The van der Waals surface area contributed by atoms with Crippen molar-refractivity contribution in [2.75, 3.05) is 13.1 Å². The van der Waals surface area contributed by atoms with Gasteiger partial charge in [0, 0.05) is 13.1 Å². The van der Waals surface area contributed by atoms with Crippen LogP contribution in [0.2, 0.25) is 0 Å². The quantitative estimate of drug-likeness (QED) is 0.764. The molecule has 0 saturated heterocycles. The Balaban J connectivity index is 1.93. The molecular weight excluding hydrogens is 282 g/mol. The zero-order valence-electron chi connectivity index (χ0n) is 12.9. The molecule has 118 valence electrons. The number of imide groups is 1. The number of carbonyl (C=O) groups excluding carboxylic acids is 3. The molecule has 1 aromatic carbocycles. The number of benzene rings is 1. The van der Waals surface area contributed by atoms with Crippen molar-refractivity contribution in [1.82, 2.24) is 10.2 Å². The van der Waals surface area contributed by atoms with Crippen LogP contribution in [0, 0.1) is 0 Å². The molecule has 0 bridgehead atoms. The topological polar surface area (TPSA) is 92.5 Å². The van der Waals surface area contributed by atoms with Crippen LogP contribution in [0.15, 0.2) is 24.3 Å². The Hall–Kier alpha value is -2.21. The molecule has 1 heterocycles. The van der Waals surface area contributed by atoms with Crippen molar-refractivity contribution in [2.24, 2.45) is 5.73 Å². The minimum atomic E-state index is -0.934. The third-order valence-corrected chi connectivity index (χ3v) is 3.79. The average Bonchev–Trinajstić information content (AvgIpc) is 2.72. The van der Waals surface area contributed by atoms with E-state index in [0.717, 1.165) is 11.3 Å². The van der Waals surface area contributed by atoms with Gasteiger partial charge in [0.05, 0.1) is 16.7 Å². The predicted octanol–water partition coefficient (Wildman–Crippen LogP) is 0.916. The van der Waals surface area contributed by atoms with Gasteiger partial charge in [-0.25, -0.2) is 0 Å². The molecule has 0 aliphatic carbocycles. The molecule has 0 fully saturated rings. The molecule has 1 aliphatic rings. The van der Waals surface area contributed by atoms with Crippen molar-refractivity contribution in [3.63, 3.8) is 0 Å². The lowest BCUT2D eigenvalue weighted by Crippen LogP contribution is -2.52. The lowest BCUT2D eigenvalue weighted by Gasteiger charge is -2.23. The molecule has 1 aromatic rings. The first kappa shape index (κ1) is 16.2. The van der Waals surface area contributed by atoms with Crippen LogP contribution in [-0.2, 0) is 4.79 Å². The maximum Gasteiger partial charge on any atom is 0.261 e. The molecule has 3 N–H and O–H groups in total. The van der Waals surface area contributed by atoms with Crippen molar-refractivity contribution in [2.45, 2.75) is 32.2 Å². The van der Waals surface area contributed by atoms with E-state index in [2.05, 4.69) is 5.32 Å². The Morgan fingerprint density at radius 3 is 2.27 bits per heavy atom. The number of rotatable bonds is 6. The molecule has 0 spiro atoms. The van der Waals surface area contributed by atoms with E-state index in [4.69, 9.17) is 5.73 Å². The van der Waals surface area contributed by atoms with Crippen LogP contribution in [0.25, 0.3) is 0 Å². The summed E-state index contributed by atoms with van der Waals surface area (Å²) in [5.74, 6) is -0.913. The van der Waals surface area contributed by atoms with Gasteiger partial charge < -0.3 is 11.1 Å². The van der Waals surface area contributed by atoms with Crippen molar-refractivity contribution in [1.29, 1.82) is 0 Å². The summed E-state index contributed by atoms with van der Waals surface area (Å²) in [4.78, 5) is 37.4. The maximum atomic E-state index is 12.1. The van der Waals surface area contributed by atoms with Gasteiger partial charge in [-0.15, -0.1) is 0 Å². The number of hydrogen-bond acceptors (Lipinski definition) is 4. The minimum absolute atomic E-state index is 0.139. The number of amides is 3. The molecule has 3 amide bonds. The van der Waals surface area contributed by atoms with Crippen LogP contribution in [0.5, 0.6) is 0 Å². The first-order valence-electron chi connectivity index (χ1n) is 7.41. The van der Waals surface area contributed by atoms with E-state index in [0.29, 0.717) is 17.5 Å². The highest BCUT2D eigenvalue weighted by Crippen LogP contribution is 2.21. The molecule has 2 rings (SSSR count). The van der Waals surface area contributed by atoms with E-state index >= 15 is 0 Å². The number of nitrogens with one attached hydrogen (secondary N) is 1. The van der Waals surface area contributed by atoms with Gasteiger partial charge in [-0.3, -0.25) is 19.3 Å². The fourth-order valence-corrected chi connectivity index (χ4v) is 2.56. The second-order valence-corrected chi connectivity index (χ2v) is 5.73. The van der Waals surface area contributed by atoms with E-state index in [1.54, 1.807) is 31.2 Å². The van der Waals surface area contributed by atoms with Gasteiger partial charge in [0.15, 0.2) is 0 Å². The lowest BCUT2D eigenvalue weighted by molar-refractivity contribution is -0.126. The normalized spacial score (nSPS) is 16.4. The highest BCUT2D eigenvalue weighted by Gasteiger charge is 2.35. The summed E-state index contributed by atoms with van der Waals surface area (Å²) in [6, 6.07) is 6.71. The Bertz CT molecular complexity index is 575. The summed E-state index contributed by atoms with van der Waals surface area (Å²) in [5, 5.41) is 2.69. The van der Waals surface area contributed by atoms with Crippen LogP contribution >= 0.6 is 0 Å². The third-order valence-electron chi connectivity index (χ3n) is 3.79. The predicted molar refractivity (Wildman–Crippen MR) is 82.3 cm³/mol. The summed E-state index contributed by atoms with van der Waals surface area (Å²) in [6.45, 7) is 3.96. The molecule has 1 atom stereocenters. The highest BCUT2D eigenvalue weighted by molar-refractivity contribution is 6.21. The fraction of sp³-hybridized carbons (Fsp3) is 0.438. The molecule has 1 unspecified atom stereocenters. The zero-order valence-corrected chi connectivity index (χ0v) is 12.9. The van der Waals surface area contributed by atoms with Crippen molar-refractivity contribution in [3.05, 3.63) is 35.4 Å². The van der Waals surface area contributed by atoms with Gasteiger partial charge in [0.1, 0.15) is 0 Å². The van der Waals surface area contributed by atoms with Crippen molar-refractivity contribution < 1.29 is 14.4 Å². The number of carbonyl (C=O) groups is 3. The third kappa shape index (κ3) is 3.01. The van der Waals surface area contributed by atoms with Crippen LogP contribution in [0.3, 0.4) is 0 Å². The smallest absolute Gasteiger partial charge is 0.261 e. The number of nitrogens with zero attached hydrogens (tertiary/aromatic N) is 1. The van der Waals surface area contributed by atoms with Crippen LogP contribution in [-0.4, -0.2) is 41.2 Å². The summed E-state index contributed by atoms with van der Waals surface area (Å²) >= 11 is 0. The molecular formula is C16H21N3O3. The lowest BCUT2D eigenvalue weighted by atomic mass is 9.97. The summed E-state index contributed by atoms with van der Waals surface area (Å²) in [7, 11) is 0. The van der Waals surface area contributed by atoms with E-state index in [1.165, 1.54) is 0 Å². The first-order valence-corrected chi connectivity index (χ1v) is 7.41. The molecule has 0 aromatic heterocycles. The Kier molecular flexibility index (Phi) is 4.61. The first-order chi connectivity index (χ1) is 10.4. The molecule has 0 radical (unpaired) electrons. The fourth-order valence-electron chi connectivity index (χ4n) is 2.56. The van der Waals surface area contributed by atoms with Crippen molar-refractivity contribution >= 4 is 17.7 Å². The molecule has 6 heteroatoms. The van der Waals surface area contributed by atoms with E-state index in [1.807, 2.05) is 6.92 Å². The Morgan fingerprint density at radius 1 is 1.23 bits per heavy atom. The van der Waals surface area contributed by atoms with Gasteiger partial charge in [-0.2, -0.15) is 0 Å². The molecule has 22 heavy (non-hydrogen) atoms. The van der Waals surface area contributed by atoms with Crippen LogP contribution in [0.1, 0.15) is 47.4 Å². The van der Waals surface area contributed by atoms with Gasteiger partial charge >= 0.3 is 0 Å². The van der Waals surface area contributed by atoms with Gasteiger partial charge in [0.25, 0.3) is 11.8 Å². The van der Waals surface area contributed by atoms with E-state index in [-0.39, 0.29) is 30.8 Å². The minimum Gasteiger partial charge on any atom is -0.353 e. The SMILES string of the molecule is CCCC(C)(N)C(=O)NCCN1C(=O)c2ccccc2C1=O.